The van der Waals surface area contributed by atoms with Crippen LogP contribution in [0.2, 0.25) is 0 Å². The van der Waals surface area contributed by atoms with Crippen LogP contribution in [-0.2, 0) is 19.6 Å². The van der Waals surface area contributed by atoms with Crippen molar-refractivity contribution in [2.45, 2.75) is 43.3 Å². The number of alkyl halides is 2. The van der Waals surface area contributed by atoms with Crippen molar-refractivity contribution in [3.8, 4) is 0 Å². The third-order valence-electron chi connectivity index (χ3n) is 5.70. The molecule has 2 aliphatic heterocycles. The minimum atomic E-state index is -3.69. The average Bonchev–Trinajstić information content (AvgIpc) is 3.17. The molecule has 2 saturated heterocycles. The lowest BCUT2D eigenvalue weighted by atomic mass is 9.76. The zero-order valence-corrected chi connectivity index (χ0v) is 16.7. The van der Waals surface area contributed by atoms with Crippen LogP contribution < -0.4 is 20.9 Å². The van der Waals surface area contributed by atoms with Crippen molar-refractivity contribution < 1.29 is 22.3 Å². The molecule has 0 radical (unpaired) electrons. The summed E-state index contributed by atoms with van der Waals surface area (Å²) in [5.41, 5.74) is 2.20. The normalized spacial score (nSPS) is 35.9. The average molecular weight is 427 g/mol. The van der Waals surface area contributed by atoms with Crippen LogP contribution in [0.1, 0.15) is 25.7 Å². The number of sulfonamides is 1. The Balaban J connectivity index is 1.53. The summed E-state index contributed by atoms with van der Waals surface area (Å²) in [5, 5.41) is 5.69. The van der Waals surface area contributed by atoms with E-state index in [0.29, 0.717) is 45.6 Å². The number of nitrogens with one attached hydrogen (secondary N) is 4. The number of carbonyl (C=O) groups excluding carboxylic acids is 1. The Hall–Kier alpha value is -0.520. The Morgan fingerprint density at radius 3 is 2.67 bits per heavy atom. The fourth-order valence-corrected chi connectivity index (χ4v) is 5.82. The number of rotatable bonds is 6. The van der Waals surface area contributed by atoms with Crippen LogP contribution in [0.5, 0.6) is 0 Å². The Labute approximate surface area is 164 Å². The summed E-state index contributed by atoms with van der Waals surface area (Å²) in [6.45, 7) is 2.51. The minimum Gasteiger partial charge on any atom is -0.381 e. The predicted molar refractivity (Wildman–Crippen MR) is 99.2 cm³/mol. The Morgan fingerprint density at radius 1 is 1.26 bits per heavy atom. The van der Waals surface area contributed by atoms with Crippen LogP contribution >= 0.6 is 11.6 Å². The fourth-order valence-electron chi connectivity index (χ4n) is 4.13. The van der Waals surface area contributed by atoms with E-state index in [2.05, 4.69) is 20.9 Å². The first kappa shape index (κ1) is 21.2. The van der Waals surface area contributed by atoms with Gasteiger partial charge in [-0.25, -0.2) is 12.8 Å². The smallest absolute Gasteiger partial charge is 0.241 e. The predicted octanol–water partition coefficient (Wildman–Crippen LogP) is -0.146. The summed E-state index contributed by atoms with van der Waals surface area (Å²) in [6.07, 6.45) is 0.653. The van der Waals surface area contributed by atoms with Crippen LogP contribution in [0.3, 0.4) is 0 Å². The largest absolute Gasteiger partial charge is 0.381 e. The standard InChI is InChI=1S/C16H28ClFN4O4S/c17-13-6-11(14-7-19-9-20-14)5-12(15(13)18)16(23)21-22-27(24,25)8-10-1-3-26-4-2-10/h10-15,19-20,22H,1-9H2,(H,21,23). The quantitative estimate of drug-likeness (QED) is 0.347. The number of halogens is 2. The van der Waals surface area contributed by atoms with Gasteiger partial charge in [0.05, 0.1) is 17.0 Å². The van der Waals surface area contributed by atoms with Gasteiger partial charge in [0, 0.05) is 32.5 Å². The van der Waals surface area contributed by atoms with Crippen LogP contribution in [0, 0.1) is 17.8 Å². The van der Waals surface area contributed by atoms with Crippen molar-refractivity contribution in [1.29, 1.82) is 0 Å². The molecule has 1 saturated carbocycles. The monoisotopic (exact) mass is 426 g/mol. The maximum Gasteiger partial charge on any atom is 0.241 e. The zero-order chi connectivity index (χ0) is 19.4. The molecule has 8 nitrogen and oxygen atoms in total. The van der Waals surface area contributed by atoms with E-state index in [4.69, 9.17) is 16.3 Å². The molecule has 3 aliphatic rings. The first-order valence-electron chi connectivity index (χ1n) is 9.45. The van der Waals surface area contributed by atoms with Gasteiger partial charge >= 0.3 is 0 Å². The van der Waals surface area contributed by atoms with Crippen LogP contribution in [-0.4, -0.2) is 64.1 Å². The van der Waals surface area contributed by atoms with E-state index in [-0.39, 0.29) is 23.6 Å². The molecule has 0 aromatic heterocycles. The van der Waals surface area contributed by atoms with Crippen LogP contribution in [0.15, 0.2) is 0 Å². The minimum absolute atomic E-state index is 0.00528. The molecule has 1 amide bonds. The summed E-state index contributed by atoms with van der Waals surface area (Å²) < 4.78 is 44.1. The van der Waals surface area contributed by atoms with E-state index in [1.165, 1.54) is 0 Å². The van der Waals surface area contributed by atoms with E-state index in [1.54, 1.807) is 0 Å². The molecule has 0 aromatic carbocycles. The number of carbonyl (C=O) groups is 1. The maximum absolute atomic E-state index is 14.5. The molecule has 0 bridgehead atoms. The second-order valence-electron chi connectivity index (χ2n) is 7.67. The number of hydrazine groups is 1. The molecule has 0 aromatic rings. The van der Waals surface area contributed by atoms with Crippen molar-refractivity contribution in [2.75, 3.05) is 32.2 Å². The van der Waals surface area contributed by atoms with Crippen molar-refractivity contribution in [2.24, 2.45) is 17.8 Å². The SMILES string of the molecule is O=C(NNS(=O)(=O)CC1CCOCC1)C1CC(C2CNCN2)CC(Cl)C1F. The molecule has 4 N–H and O–H groups in total. The molecule has 5 unspecified atom stereocenters. The van der Waals surface area contributed by atoms with Gasteiger partial charge in [0.15, 0.2) is 0 Å². The first-order valence-corrected chi connectivity index (χ1v) is 11.5. The van der Waals surface area contributed by atoms with Gasteiger partial charge < -0.3 is 15.4 Å². The third kappa shape index (κ3) is 5.74. The maximum atomic E-state index is 14.5. The lowest BCUT2D eigenvalue weighted by Crippen LogP contribution is -2.52. The molecule has 5 atom stereocenters. The van der Waals surface area contributed by atoms with Gasteiger partial charge in [-0.2, -0.15) is 0 Å². The number of hydrogen-bond acceptors (Lipinski definition) is 6. The second-order valence-corrected chi connectivity index (χ2v) is 10.00. The van der Waals surface area contributed by atoms with Gasteiger partial charge in [0.2, 0.25) is 15.9 Å². The summed E-state index contributed by atoms with van der Waals surface area (Å²) in [4.78, 5) is 14.6. The second kappa shape index (κ2) is 9.32. The van der Waals surface area contributed by atoms with Gasteiger partial charge in [-0.05, 0) is 37.5 Å². The Bertz CT molecular complexity index is 614. The lowest BCUT2D eigenvalue weighted by molar-refractivity contribution is -0.129. The summed E-state index contributed by atoms with van der Waals surface area (Å²) in [7, 11) is -3.69. The highest BCUT2D eigenvalue weighted by atomic mass is 35.5. The van der Waals surface area contributed by atoms with Crippen molar-refractivity contribution in [3.05, 3.63) is 0 Å². The van der Waals surface area contributed by atoms with E-state index < -0.39 is 33.4 Å². The summed E-state index contributed by atoms with van der Waals surface area (Å²) in [5.74, 6) is -1.67. The molecule has 3 rings (SSSR count). The molecule has 27 heavy (non-hydrogen) atoms. The molecule has 11 heteroatoms. The molecule has 1 aliphatic carbocycles. The first-order chi connectivity index (χ1) is 12.9. The Morgan fingerprint density at radius 2 is 2.00 bits per heavy atom. The molecule has 3 fully saturated rings. The van der Waals surface area contributed by atoms with Gasteiger partial charge in [-0.15, -0.1) is 16.4 Å². The van der Waals surface area contributed by atoms with Gasteiger partial charge in [-0.3, -0.25) is 10.2 Å². The summed E-state index contributed by atoms with van der Waals surface area (Å²) in [6, 6.07) is 0.138. The number of ether oxygens (including phenoxy) is 1. The molecule has 2 heterocycles. The summed E-state index contributed by atoms with van der Waals surface area (Å²) >= 11 is 6.14. The van der Waals surface area contributed by atoms with E-state index >= 15 is 0 Å². The van der Waals surface area contributed by atoms with Gasteiger partial charge in [0.25, 0.3) is 0 Å². The third-order valence-corrected chi connectivity index (χ3v) is 7.44. The van der Waals surface area contributed by atoms with Crippen LogP contribution in [0.25, 0.3) is 0 Å². The van der Waals surface area contributed by atoms with E-state index in [1.807, 2.05) is 0 Å². The van der Waals surface area contributed by atoms with Gasteiger partial charge in [0.1, 0.15) is 6.17 Å². The highest BCUT2D eigenvalue weighted by molar-refractivity contribution is 7.89. The fraction of sp³-hybridized carbons (Fsp3) is 0.938. The number of amides is 1. The molecule has 0 spiro atoms. The van der Waals surface area contributed by atoms with E-state index in [0.717, 1.165) is 6.54 Å². The topological polar surface area (TPSA) is 109 Å². The van der Waals surface area contributed by atoms with Gasteiger partial charge in [-0.1, -0.05) is 0 Å². The molecular weight excluding hydrogens is 399 g/mol. The van der Waals surface area contributed by atoms with Crippen molar-refractivity contribution in [3.63, 3.8) is 0 Å². The van der Waals surface area contributed by atoms with Crippen molar-refractivity contribution in [1.82, 2.24) is 20.9 Å². The lowest BCUT2D eigenvalue weighted by Gasteiger charge is -2.37. The zero-order valence-electron chi connectivity index (χ0n) is 15.1. The van der Waals surface area contributed by atoms with Crippen molar-refractivity contribution >= 4 is 27.5 Å². The van der Waals surface area contributed by atoms with Crippen LogP contribution in [0.4, 0.5) is 4.39 Å². The highest BCUT2D eigenvalue weighted by Crippen LogP contribution is 2.36. The molecular formula is C16H28ClFN4O4S. The number of hydrogen-bond donors (Lipinski definition) is 4. The Kier molecular flexibility index (Phi) is 7.32. The highest BCUT2D eigenvalue weighted by Gasteiger charge is 2.44. The molecule has 156 valence electrons. The van der Waals surface area contributed by atoms with E-state index in [9.17, 15) is 17.6 Å².